The van der Waals surface area contributed by atoms with Crippen molar-refractivity contribution < 1.29 is 8.42 Å². The van der Waals surface area contributed by atoms with E-state index >= 15 is 0 Å². The monoisotopic (exact) mass is 427 g/mol. The molecule has 1 aliphatic carbocycles. The summed E-state index contributed by atoms with van der Waals surface area (Å²) in [5.74, 6) is 0. The van der Waals surface area contributed by atoms with Gasteiger partial charge in [-0.3, -0.25) is 4.72 Å². The van der Waals surface area contributed by atoms with Gasteiger partial charge in [0.15, 0.2) is 0 Å². The molecule has 1 aliphatic rings. The van der Waals surface area contributed by atoms with Crippen molar-refractivity contribution in [2.24, 2.45) is 0 Å². The zero-order chi connectivity index (χ0) is 20.5. The van der Waals surface area contributed by atoms with Crippen LogP contribution in [-0.4, -0.2) is 32.3 Å². The molecular weight excluding hydrogens is 390 g/mol. The number of unbranched alkanes of at least 4 members (excludes halogenated alkanes) is 2. The molecule has 0 aromatic heterocycles. The summed E-state index contributed by atoms with van der Waals surface area (Å²) < 4.78 is 29.5. The third kappa shape index (κ3) is 8.31. The quantitative estimate of drug-likeness (QED) is 0.345. The van der Waals surface area contributed by atoms with Crippen molar-refractivity contribution in [1.29, 1.82) is 0 Å². The Kier molecular flexibility index (Phi) is 9.60. The first-order valence-corrected chi connectivity index (χ1v) is 12.8. The predicted octanol–water partition coefficient (Wildman–Crippen LogP) is 4.92. The molecule has 0 spiro atoms. The van der Waals surface area contributed by atoms with Crippen molar-refractivity contribution in [2.75, 3.05) is 18.4 Å². The molecule has 1 aromatic rings. The van der Waals surface area contributed by atoms with Crippen LogP contribution in [0.2, 0.25) is 0 Å². The Morgan fingerprint density at radius 3 is 2.46 bits per heavy atom. The van der Waals surface area contributed by atoms with Gasteiger partial charge < -0.3 is 5.32 Å². The summed E-state index contributed by atoms with van der Waals surface area (Å²) in [6, 6.07) is 9.17. The maximum absolute atomic E-state index is 12.0. The average molecular weight is 428 g/mol. The second-order valence-electron chi connectivity index (χ2n) is 8.58. The van der Waals surface area contributed by atoms with Gasteiger partial charge >= 0.3 is 0 Å². The molecule has 1 saturated carbocycles. The molecule has 7 heteroatoms. The summed E-state index contributed by atoms with van der Waals surface area (Å²) in [6.45, 7) is 6.57. The summed E-state index contributed by atoms with van der Waals surface area (Å²) in [5, 5.41) is 3.47. The highest BCUT2D eigenvalue weighted by Gasteiger charge is 2.27. The van der Waals surface area contributed by atoms with E-state index in [-0.39, 0.29) is 0 Å². The molecule has 0 bridgehead atoms. The summed E-state index contributed by atoms with van der Waals surface area (Å²) in [5.41, 5.74) is 1.14. The van der Waals surface area contributed by atoms with Crippen molar-refractivity contribution >= 4 is 27.7 Å². The first-order valence-electron chi connectivity index (χ1n) is 10.5. The number of anilines is 1. The highest BCUT2D eigenvalue weighted by atomic mass is 32.2. The van der Waals surface area contributed by atoms with Crippen LogP contribution in [0, 0.1) is 0 Å². The molecule has 0 saturated heterocycles. The van der Waals surface area contributed by atoms with Gasteiger partial charge in [0, 0.05) is 29.7 Å². The van der Waals surface area contributed by atoms with Gasteiger partial charge in [-0.25, -0.2) is 13.1 Å². The van der Waals surface area contributed by atoms with Crippen molar-refractivity contribution in [1.82, 2.24) is 9.44 Å². The van der Waals surface area contributed by atoms with E-state index in [9.17, 15) is 8.42 Å². The lowest BCUT2D eigenvalue weighted by Crippen LogP contribution is -2.39. The van der Waals surface area contributed by atoms with Crippen LogP contribution < -0.4 is 14.8 Å². The third-order valence-electron chi connectivity index (χ3n) is 5.06. The number of sulfonamides is 1. The maximum atomic E-state index is 12.0. The predicted molar refractivity (Wildman–Crippen MR) is 121 cm³/mol. The molecule has 2 rings (SSSR count). The highest BCUT2D eigenvalue weighted by Crippen LogP contribution is 2.24. The summed E-state index contributed by atoms with van der Waals surface area (Å²) in [7, 11) is -3.23. The lowest BCUT2D eigenvalue weighted by Gasteiger charge is -2.22. The van der Waals surface area contributed by atoms with Gasteiger partial charge in [0.05, 0.1) is 4.75 Å². The van der Waals surface area contributed by atoms with Gasteiger partial charge in [-0.05, 0) is 76.6 Å². The van der Waals surface area contributed by atoms with Gasteiger partial charge in [-0.15, -0.1) is 0 Å². The lowest BCUT2D eigenvalue weighted by molar-refractivity contribution is 0.423. The second kappa shape index (κ2) is 11.4. The normalized spacial score (nSPS) is 16.2. The highest BCUT2D eigenvalue weighted by molar-refractivity contribution is 7.97. The maximum Gasteiger partial charge on any atom is 0.216 e. The average Bonchev–Trinajstić information content (AvgIpc) is 2.66. The van der Waals surface area contributed by atoms with Gasteiger partial charge in [-0.2, -0.15) is 0 Å². The van der Waals surface area contributed by atoms with E-state index in [1.54, 1.807) is 32.7 Å². The van der Waals surface area contributed by atoms with Crippen LogP contribution in [0.3, 0.4) is 0 Å². The Hall–Kier alpha value is -0.760. The van der Waals surface area contributed by atoms with E-state index in [1.807, 2.05) is 0 Å². The Balaban J connectivity index is 1.60. The van der Waals surface area contributed by atoms with E-state index in [0.29, 0.717) is 12.6 Å². The van der Waals surface area contributed by atoms with E-state index in [0.717, 1.165) is 31.5 Å². The largest absolute Gasteiger partial charge is 0.385 e. The minimum Gasteiger partial charge on any atom is -0.385 e. The van der Waals surface area contributed by atoms with Gasteiger partial charge in [0.2, 0.25) is 10.0 Å². The number of hydrogen-bond acceptors (Lipinski definition) is 5. The van der Waals surface area contributed by atoms with Crippen LogP contribution in [0.4, 0.5) is 5.69 Å². The molecule has 5 nitrogen and oxygen atoms in total. The van der Waals surface area contributed by atoms with Gasteiger partial charge in [0.1, 0.15) is 0 Å². The van der Waals surface area contributed by atoms with E-state index in [2.05, 4.69) is 39.0 Å². The fraction of sp³-hybridized carbons (Fsp3) is 0.714. The zero-order valence-electron chi connectivity index (χ0n) is 17.6. The zero-order valence-corrected chi connectivity index (χ0v) is 19.2. The molecule has 1 aromatic carbocycles. The summed E-state index contributed by atoms with van der Waals surface area (Å²) in [6.07, 6.45) is 9.53. The number of hydrogen-bond donors (Lipinski definition) is 3. The Bertz CT molecular complexity index is 681. The van der Waals surface area contributed by atoms with E-state index in [4.69, 9.17) is 0 Å². The Labute approximate surface area is 176 Å². The topological polar surface area (TPSA) is 70.2 Å². The smallest absolute Gasteiger partial charge is 0.216 e. The molecular formula is C21H37N3O2S2. The molecule has 0 aliphatic heterocycles. The second-order valence-corrected chi connectivity index (χ2v) is 12.0. The molecule has 0 amide bonds. The SMILES string of the molecule is CC(C)(C)S(=O)(=O)NCCCCCNc1cccc(SNC2CCCCC2)c1. The molecule has 0 unspecified atom stereocenters. The van der Waals surface area contributed by atoms with Gasteiger partial charge in [0.25, 0.3) is 0 Å². The van der Waals surface area contributed by atoms with Crippen LogP contribution in [0.15, 0.2) is 29.2 Å². The van der Waals surface area contributed by atoms with Crippen LogP contribution in [0.1, 0.15) is 72.1 Å². The van der Waals surface area contributed by atoms with Crippen molar-refractivity contribution in [2.45, 2.75) is 87.8 Å². The molecule has 3 N–H and O–H groups in total. The molecule has 0 radical (unpaired) electrons. The van der Waals surface area contributed by atoms with Crippen LogP contribution in [0.5, 0.6) is 0 Å². The molecule has 1 fully saturated rings. The molecule has 0 heterocycles. The number of rotatable bonds is 11. The first-order chi connectivity index (χ1) is 13.3. The summed E-state index contributed by atoms with van der Waals surface area (Å²) >= 11 is 1.74. The van der Waals surface area contributed by atoms with Crippen molar-refractivity contribution in [3.63, 3.8) is 0 Å². The number of benzene rings is 1. The minimum absolute atomic E-state index is 0.512. The van der Waals surface area contributed by atoms with E-state index < -0.39 is 14.8 Å². The summed E-state index contributed by atoms with van der Waals surface area (Å²) in [4.78, 5) is 1.24. The Morgan fingerprint density at radius 1 is 1.04 bits per heavy atom. The Morgan fingerprint density at radius 2 is 1.75 bits per heavy atom. The van der Waals surface area contributed by atoms with Crippen LogP contribution in [0.25, 0.3) is 0 Å². The molecule has 28 heavy (non-hydrogen) atoms. The minimum atomic E-state index is -3.23. The fourth-order valence-corrected chi connectivity index (χ4v) is 4.84. The standard InChI is InChI=1S/C21H37N3O2S2/c1-21(2,3)28(25,26)23-16-9-5-8-15-22-19-13-10-14-20(17-19)27-24-18-11-6-4-7-12-18/h10,13-14,17-18,22-24H,4-9,11-12,15-16H2,1-3H3. The van der Waals surface area contributed by atoms with Crippen LogP contribution in [-0.2, 0) is 10.0 Å². The third-order valence-corrected chi connectivity index (χ3v) is 8.20. The first kappa shape index (κ1) is 23.5. The van der Waals surface area contributed by atoms with Gasteiger partial charge in [-0.1, -0.05) is 31.7 Å². The van der Waals surface area contributed by atoms with Crippen LogP contribution >= 0.6 is 11.9 Å². The number of nitrogens with one attached hydrogen (secondary N) is 3. The molecule has 160 valence electrons. The molecule has 0 atom stereocenters. The lowest BCUT2D eigenvalue weighted by atomic mass is 9.96. The van der Waals surface area contributed by atoms with Crippen molar-refractivity contribution in [3.8, 4) is 0 Å². The fourth-order valence-electron chi connectivity index (χ4n) is 3.12. The van der Waals surface area contributed by atoms with Crippen molar-refractivity contribution in [3.05, 3.63) is 24.3 Å². The van der Waals surface area contributed by atoms with E-state index in [1.165, 1.54) is 37.0 Å².